The van der Waals surface area contributed by atoms with Gasteiger partial charge in [-0.1, -0.05) is 6.07 Å². The maximum absolute atomic E-state index is 10.8. The second-order valence-corrected chi connectivity index (χ2v) is 3.86. The van der Waals surface area contributed by atoms with Gasteiger partial charge in [0.1, 0.15) is 5.82 Å². The smallest absolute Gasteiger partial charge is 0.311 e. The molecule has 2 heterocycles. The van der Waals surface area contributed by atoms with Crippen molar-refractivity contribution in [1.29, 1.82) is 0 Å². The highest BCUT2D eigenvalue weighted by atomic mass is 16.6. The van der Waals surface area contributed by atoms with Crippen LogP contribution in [0.5, 0.6) is 0 Å². The van der Waals surface area contributed by atoms with Crippen LogP contribution in [0.1, 0.15) is 5.69 Å². The van der Waals surface area contributed by atoms with Crippen LogP contribution < -0.4 is 11.1 Å². The fourth-order valence-corrected chi connectivity index (χ4v) is 1.60. The number of anilines is 2. The van der Waals surface area contributed by atoms with E-state index in [9.17, 15) is 10.1 Å². The van der Waals surface area contributed by atoms with Crippen molar-refractivity contribution < 1.29 is 4.92 Å². The second kappa shape index (κ2) is 5.76. The number of nitrogens with one attached hydrogen (secondary N) is 1. The lowest BCUT2D eigenvalue weighted by Gasteiger charge is -2.06. The minimum absolute atomic E-state index is 0.0878. The molecule has 0 spiro atoms. The molecule has 0 bridgehead atoms. The summed E-state index contributed by atoms with van der Waals surface area (Å²) in [5.74, 6) is 0.423. The van der Waals surface area contributed by atoms with Gasteiger partial charge in [-0.05, 0) is 18.2 Å². The zero-order valence-electron chi connectivity index (χ0n) is 10.1. The molecule has 0 aromatic carbocycles. The van der Waals surface area contributed by atoms with Crippen LogP contribution in [-0.2, 0) is 6.42 Å². The number of hydrogen-bond acceptors (Lipinski definition) is 6. The van der Waals surface area contributed by atoms with E-state index < -0.39 is 4.92 Å². The molecule has 2 rings (SSSR count). The van der Waals surface area contributed by atoms with E-state index in [2.05, 4.69) is 15.3 Å². The topological polar surface area (TPSA) is 107 Å². The van der Waals surface area contributed by atoms with E-state index in [1.807, 2.05) is 18.2 Å². The van der Waals surface area contributed by atoms with Crippen molar-refractivity contribution in [1.82, 2.24) is 9.97 Å². The first kappa shape index (κ1) is 12.7. The van der Waals surface area contributed by atoms with E-state index in [1.165, 1.54) is 12.1 Å². The van der Waals surface area contributed by atoms with Gasteiger partial charge < -0.3 is 11.1 Å². The summed E-state index contributed by atoms with van der Waals surface area (Å²) in [6, 6.07) is 8.36. The molecule has 0 saturated heterocycles. The number of nitrogens with zero attached hydrogens (tertiary/aromatic N) is 3. The van der Waals surface area contributed by atoms with Crippen molar-refractivity contribution in [2.24, 2.45) is 0 Å². The maximum atomic E-state index is 10.8. The summed E-state index contributed by atoms with van der Waals surface area (Å²) in [5.41, 5.74) is 6.34. The first-order valence-electron chi connectivity index (χ1n) is 5.71. The van der Waals surface area contributed by atoms with Crippen LogP contribution in [0, 0.1) is 10.1 Å². The van der Waals surface area contributed by atoms with E-state index >= 15 is 0 Å². The summed E-state index contributed by atoms with van der Waals surface area (Å²) < 4.78 is 0. The Labute approximate surface area is 109 Å². The second-order valence-electron chi connectivity index (χ2n) is 3.86. The molecule has 0 radical (unpaired) electrons. The average molecular weight is 259 g/mol. The van der Waals surface area contributed by atoms with Crippen molar-refractivity contribution in [3.8, 4) is 0 Å². The number of nitrogens with two attached hydrogens (primary N) is 1. The van der Waals surface area contributed by atoms with E-state index in [0.29, 0.717) is 13.0 Å². The lowest BCUT2D eigenvalue weighted by molar-refractivity contribution is -0.384. The number of pyridine rings is 2. The molecule has 0 amide bonds. The molecule has 3 N–H and O–H groups in total. The lowest BCUT2D eigenvalue weighted by Crippen LogP contribution is -2.10. The number of hydrogen-bond donors (Lipinski definition) is 2. The molecule has 19 heavy (non-hydrogen) atoms. The van der Waals surface area contributed by atoms with Gasteiger partial charge in [-0.15, -0.1) is 0 Å². The first-order valence-corrected chi connectivity index (χ1v) is 5.71. The van der Waals surface area contributed by atoms with Crippen molar-refractivity contribution in [3.63, 3.8) is 0 Å². The summed E-state index contributed by atoms with van der Waals surface area (Å²) in [6.07, 6.45) is 2.35. The fourth-order valence-electron chi connectivity index (χ4n) is 1.60. The molecular formula is C12H13N5O2. The number of rotatable bonds is 5. The Kier molecular flexibility index (Phi) is 3.87. The molecule has 7 nitrogen and oxygen atoms in total. The van der Waals surface area contributed by atoms with Crippen LogP contribution in [0.25, 0.3) is 0 Å². The van der Waals surface area contributed by atoms with Gasteiger partial charge in [-0.3, -0.25) is 15.1 Å². The van der Waals surface area contributed by atoms with E-state index in [-0.39, 0.29) is 17.3 Å². The predicted octanol–water partition coefficient (Wildman–Crippen LogP) is 1.62. The van der Waals surface area contributed by atoms with Gasteiger partial charge in [0, 0.05) is 30.9 Å². The van der Waals surface area contributed by atoms with Crippen molar-refractivity contribution in [2.75, 3.05) is 17.6 Å². The van der Waals surface area contributed by atoms with E-state index in [1.54, 1.807) is 6.20 Å². The van der Waals surface area contributed by atoms with Crippen LogP contribution >= 0.6 is 0 Å². The Morgan fingerprint density at radius 2 is 2.16 bits per heavy atom. The van der Waals surface area contributed by atoms with Gasteiger partial charge in [0.05, 0.1) is 4.92 Å². The summed E-state index contributed by atoms with van der Waals surface area (Å²) in [7, 11) is 0. The van der Waals surface area contributed by atoms with Gasteiger partial charge in [0.25, 0.3) is 0 Å². The molecule has 0 fully saturated rings. The van der Waals surface area contributed by atoms with Gasteiger partial charge in [0.2, 0.25) is 5.82 Å². The predicted molar refractivity (Wildman–Crippen MR) is 71.7 cm³/mol. The minimum Gasteiger partial charge on any atom is -0.384 e. The number of nitro groups is 1. The summed E-state index contributed by atoms with van der Waals surface area (Å²) in [5, 5.41) is 13.7. The molecular weight excluding hydrogens is 246 g/mol. The van der Waals surface area contributed by atoms with Crippen molar-refractivity contribution >= 4 is 17.3 Å². The molecule has 2 aromatic heterocycles. The van der Waals surface area contributed by atoms with Crippen molar-refractivity contribution in [2.45, 2.75) is 6.42 Å². The zero-order chi connectivity index (χ0) is 13.7. The highest BCUT2D eigenvalue weighted by Crippen LogP contribution is 2.22. The third kappa shape index (κ3) is 3.38. The monoisotopic (exact) mass is 259 g/mol. The molecule has 0 atom stereocenters. The molecule has 0 aliphatic heterocycles. The Morgan fingerprint density at radius 1 is 1.32 bits per heavy atom. The Balaban J connectivity index is 2.03. The Bertz CT molecular complexity index is 574. The molecule has 2 aromatic rings. The van der Waals surface area contributed by atoms with Crippen LogP contribution in [0.2, 0.25) is 0 Å². The van der Waals surface area contributed by atoms with E-state index in [4.69, 9.17) is 5.73 Å². The Hall–Kier alpha value is -2.70. The van der Waals surface area contributed by atoms with E-state index in [0.717, 1.165) is 5.69 Å². The summed E-state index contributed by atoms with van der Waals surface area (Å²) in [6.45, 7) is 0.494. The van der Waals surface area contributed by atoms with Gasteiger partial charge in [-0.2, -0.15) is 0 Å². The van der Waals surface area contributed by atoms with Crippen LogP contribution in [0.4, 0.5) is 17.3 Å². The van der Waals surface area contributed by atoms with Gasteiger partial charge in [-0.25, -0.2) is 4.98 Å². The first-order chi connectivity index (χ1) is 9.16. The summed E-state index contributed by atoms with van der Waals surface area (Å²) >= 11 is 0. The minimum atomic E-state index is -0.491. The molecule has 0 aliphatic carbocycles. The summed E-state index contributed by atoms with van der Waals surface area (Å²) in [4.78, 5) is 18.4. The molecule has 0 saturated carbocycles. The lowest BCUT2D eigenvalue weighted by atomic mass is 10.2. The third-order valence-corrected chi connectivity index (χ3v) is 2.49. The van der Waals surface area contributed by atoms with Gasteiger partial charge in [0.15, 0.2) is 0 Å². The fraction of sp³-hybridized carbons (Fsp3) is 0.167. The van der Waals surface area contributed by atoms with Crippen LogP contribution in [0.15, 0.2) is 36.5 Å². The normalized spacial score (nSPS) is 10.1. The SMILES string of the molecule is Nc1ccc([N+](=O)[O-])c(NCCc2ccccn2)n1. The van der Waals surface area contributed by atoms with Crippen molar-refractivity contribution in [3.05, 3.63) is 52.3 Å². The van der Waals surface area contributed by atoms with Crippen LogP contribution in [0.3, 0.4) is 0 Å². The highest BCUT2D eigenvalue weighted by molar-refractivity contribution is 5.59. The molecule has 0 unspecified atom stereocenters. The molecule has 98 valence electrons. The molecule has 7 heteroatoms. The Morgan fingerprint density at radius 3 is 2.84 bits per heavy atom. The third-order valence-electron chi connectivity index (χ3n) is 2.49. The largest absolute Gasteiger partial charge is 0.384 e. The number of aromatic nitrogens is 2. The van der Waals surface area contributed by atoms with Crippen LogP contribution in [-0.4, -0.2) is 21.4 Å². The number of nitrogen functional groups attached to an aromatic ring is 1. The molecule has 0 aliphatic rings. The van der Waals surface area contributed by atoms with Gasteiger partial charge >= 0.3 is 5.69 Å². The maximum Gasteiger partial charge on any atom is 0.311 e. The standard InChI is InChI=1S/C12H13N5O2/c13-11-5-4-10(17(18)19)12(16-11)15-8-6-9-3-1-2-7-14-9/h1-5,7H,6,8H2,(H3,13,15,16). The quantitative estimate of drug-likeness (QED) is 0.624. The average Bonchev–Trinajstić information content (AvgIpc) is 2.39. The highest BCUT2D eigenvalue weighted by Gasteiger charge is 2.14. The zero-order valence-corrected chi connectivity index (χ0v) is 10.1.